The monoisotopic (exact) mass is 778 g/mol. The summed E-state index contributed by atoms with van der Waals surface area (Å²) < 4.78 is 2.81. The van der Waals surface area contributed by atoms with E-state index >= 15 is 0 Å². The van der Waals surface area contributed by atoms with Crippen molar-refractivity contribution in [2.75, 3.05) is 4.90 Å². The highest BCUT2D eigenvalue weighted by Gasteiger charge is 2.50. The number of para-hydroxylation sites is 1. The molecule has 4 heteroatoms. The molecule has 1 aliphatic carbocycles. The van der Waals surface area contributed by atoms with Crippen LogP contribution in [0.25, 0.3) is 44.3 Å². The minimum atomic E-state index is -0.187. The molecule has 0 radical (unpaired) electrons. The lowest BCUT2D eigenvalue weighted by Crippen LogP contribution is -2.58. The van der Waals surface area contributed by atoms with E-state index in [1.54, 1.807) is 0 Å². The van der Waals surface area contributed by atoms with Gasteiger partial charge in [-0.05, 0) is 98.1 Å². The van der Waals surface area contributed by atoms with Gasteiger partial charge < -0.3 is 9.38 Å². The lowest BCUT2D eigenvalue weighted by atomic mass is 9.44. The summed E-state index contributed by atoms with van der Waals surface area (Å²) in [6.07, 6.45) is 0. The van der Waals surface area contributed by atoms with Crippen LogP contribution in [0.15, 0.2) is 149 Å². The van der Waals surface area contributed by atoms with Gasteiger partial charge in [-0.3, -0.25) is 0 Å². The lowest BCUT2D eigenvalue weighted by molar-refractivity contribution is 0.590. The van der Waals surface area contributed by atoms with E-state index in [0.29, 0.717) is 0 Å². The predicted octanol–water partition coefficient (Wildman–Crippen LogP) is 13.4. The van der Waals surface area contributed by atoms with E-state index in [-0.39, 0.29) is 23.1 Å². The van der Waals surface area contributed by atoms with E-state index in [9.17, 15) is 0 Å². The third kappa shape index (κ3) is 4.62. The van der Waals surface area contributed by atoms with Crippen LogP contribution in [0.5, 0.6) is 0 Å². The van der Waals surface area contributed by atoms with Gasteiger partial charge in [0.25, 0.3) is 0 Å². The fraction of sp³-hybridized carbons (Fsp3) is 0.200. The van der Waals surface area contributed by atoms with Crippen molar-refractivity contribution >= 4 is 57.5 Å². The molecule has 0 atom stereocenters. The summed E-state index contributed by atoms with van der Waals surface area (Å²) in [6.45, 7) is 19.0. The fourth-order valence-corrected chi connectivity index (χ4v) is 12.8. The second kappa shape index (κ2) is 11.7. The molecule has 0 saturated carbocycles. The summed E-state index contributed by atoms with van der Waals surface area (Å²) in [4.78, 5) is 5.34. The summed E-state index contributed by atoms with van der Waals surface area (Å²) in [5, 5.41) is 1.36. The number of nitrogens with zero attached hydrogens (tertiary/aromatic N) is 2. The highest BCUT2D eigenvalue weighted by atomic mass is 32.2. The van der Waals surface area contributed by atoms with Gasteiger partial charge in [0.1, 0.15) is 0 Å². The van der Waals surface area contributed by atoms with Crippen LogP contribution in [-0.4, -0.2) is 11.3 Å². The normalized spacial score (nSPS) is 15.9. The van der Waals surface area contributed by atoms with Gasteiger partial charge in [-0.2, -0.15) is 0 Å². The van der Waals surface area contributed by atoms with Crippen LogP contribution in [0.4, 0.5) is 17.1 Å². The zero-order chi connectivity index (χ0) is 40.3. The van der Waals surface area contributed by atoms with Crippen molar-refractivity contribution in [2.45, 2.75) is 81.4 Å². The Hall–Kier alpha value is -5.71. The first-order valence-electron chi connectivity index (χ1n) is 21.2. The van der Waals surface area contributed by atoms with E-state index in [0.717, 1.165) is 0 Å². The smallest absolute Gasteiger partial charge is 0.332 e. The third-order valence-electron chi connectivity index (χ3n) is 14.2. The van der Waals surface area contributed by atoms with E-state index in [1.165, 1.54) is 116 Å². The van der Waals surface area contributed by atoms with Crippen molar-refractivity contribution in [3.8, 4) is 33.4 Å². The number of fused-ring (bicyclic) bond motifs is 11. The number of aromatic nitrogens is 1. The van der Waals surface area contributed by atoms with E-state index < -0.39 is 0 Å². The van der Waals surface area contributed by atoms with Crippen LogP contribution in [0, 0.1) is 6.92 Å². The first kappa shape index (κ1) is 35.3. The Labute approximate surface area is 353 Å². The molecule has 4 heterocycles. The van der Waals surface area contributed by atoms with Crippen molar-refractivity contribution < 1.29 is 0 Å². The van der Waals surface area contributed by atoms with Crippen LogP contribution in [0.2, 0.25) is 0 Å². The first-order valence-corrected chi connectivity index (χ1v) is 22.0. The number of rotatable bonds is 2. The summed E-state index contributed by atoms with van der Waals surface area (Å²) in [6, 6.07) is 53.7. The second-order valence-electron chi connectivity index (χ2n) is 19.4. The zero-order valence-electron chi connectivity index (χ0n) is 35.2. The molecule has 12 rings (SSSR count). The largest absolute Gasteiger partial charge is 0.378 e. The molecule has 0 unspecified atom stereocenters. The van der Waals surface area contributed by atoms with Crippen molar-refractivity contribution in [1.82, 2.24) is 4.48 Å². The van der Waals surface area contributed by atoms with Crippen molar-refractivity contribution in [3.05, 3.63) is 173 Å². The topological polar surface area (TPSA) is 8.17 Å². The average molecular weight is 779 g/mol. The third-order valence-corrected chi connectivity index (χ3v) is 15.3. The van der Waals surface area contributed by atoms with Gasteiger partial charge in [-0.15, -0.1) is 0 Å². The maximum atomic E-state index is 2.81. The van der Waals surface area contributed by atoms with Gasteiger partial charge in [-0.25, -0.2) is 0 Å². The van der Waals surface area contributed by atoms with Gasteiger partial charge in [-0.1, -0.05) is 169 Å². The molecule has 0 spiro atoms. The Morgan fingerprint density at radius 3 is 2.08 bits per heavy atom. The quantitative estimate of drug-likeness (QED) is 0.162. The number of hydrogen-bond donors (Lipinski definition) is 0. The second-order valence-corrected chi connectivity index (χ2v) is 20.5. The molecular formula is C55H47BN2S. The van der Waals surface area contributed by atoms with Crippen molar-refractivity contribution in [1.29, 1.82) is 0 Å². The summed E-state index contributed by atoms with van der Waals surface area (Å²) in [7, 11) is 0. The maximum absolute atomic E-state index is 2.81. The standard InChI is InChI=1S/C55H47BN2S/c1-32-27-39-35-20-16-21-37-49-36-19-12-13-22-40(36)55(7,8)52(49)58(51(35)37)56-43-30-42-48(59-47-24-15-14-23-41(47)54(42,5)6)31-45(43)57(46(28-32)50(39)56)44-26-25-34(53(2,3)4)29-38(44)33-17-10-9-11-18-33/h9-31H,1-8H3. The van der Waals surface area contributed by atoms with Crippen LogP contribution in [0.1, 0.15) is 82.0 Å². The predicted molar refractivity (Wildman–Crippen MR) is 252 cm³/mol. The van der Waals surface area contributed by atoms with Crippen LogP contribution in [-0.2, 0) is 16.2 Å². The average Bonchev–Trinajstić information content (AvgIpc) is 3.69. The minimum absolute atomic E-state index is 0.00158. The Morgan fingerprint density at radius 1 is 0.559 bits per heavy atom. The number of hydrogen-bond acceptors (Lipinski definition) is 2. The van der Waals surface area contributed by atoms with E-state index in [4.69, 9.17) is 0 Å². The minimum Gasteiger partial charge on any atom is -0.378 e. The van der Waals surface area contributed by atoms with Gasteiger partial charge in [0, 0.05) is 65.3 Å². The Morgan fingerprint density at radius 2 is 1.29 bits per heavy atom. The fourth-order valence-electron chi connectivity index (χ4n) is 11.3. The maximum Gasteiger partial charge on any atom is 0.332 e. The van der Waals surface area contributed by atoms with Gasteiger partial charge in [0.2, 0.25) is 0 Å². The first-order chi connectivity index (χ1) is 28.3. The SMILES string of the molecule is Cc1cc2c3c(c1)N(c1ccc(C(C)(C)C)cc1-c1ccccc1)c1cc4c(cc1B3n1c3c(c5cccc-2c51)-c1ccccc1C3(C)C)C(C)(C)c1ccccc1S4. The molecule has 286 valence electrons. The molecule has 1 aromatic heterocycles. The molecule has 0 N–H and O–H groups in total. The van der Waals surface area contributed by atoms with Gasteiger partial charge in [0.05, 0.1) is 5.69 Å². The number of aryl methyl sites for hydroxylation is 1. The Bertz CT molecular complexity index is 3140. The highest BCUT2D eigenvalue weighted by Crippen LogP contribution is 2.57. The molecule has 3 aliphatic heterocycles. The summed E-state index contributed by atoms with van der Waals surface area (Å²) >= 11 is 1.93. The molecule has 59 heavy (non-hydrogen) atoms. The Kier molecular flexibility index (Phi) is 7.01. The molecule has 0 saturated heterocycles. The van der Waals surface area contributed by atoms with Crippen molar-refractivity contribution in [2.24, 2.45) is 0 Å². The molecule has 0 amide bonds. The molecule has 0 bridgehead atoms. The van der Waals surface area contributed by atoms with Crippen LogP contribution < -0.4 is 15.8 Å². The zero-order valence-corrected chi connectivity index (χ0v) is 36.0. The van der Waals surface area contributed by atoms with E-state index in [2.05, 4.69) is 204 Å². The molecule has 4 aliphatic rings. The van der Waals surface area contributed by atoms with Crippen LogP contribution in [0.3, 0.4) is 0 Å². The number of benzene rings is 7. The molecule has 8 aromatic rings. The molecule has 2 nitrogen and oxygen atoms in total. The van der Waals surface area contributed by atoms with Gasteiger partial charge >= 0.3 is 6.85 Å². The molecule has 0 fully saturated rings. The summed E-state index contributed by atoms with van der Waals surface area (Å²) in [5.74, 6) is 0. The Balaban J connectivity index is 1.24. The molecular weight excluding hydrogens is 731 g/mol. The van der Waals surface area contributed by atoms with Crippen LogP contribution >= 0.6 is 11.8 Å². The van der Waals surface area contributed by atoms with Crippen molar-refractivity contribution in [3.63, 3.8) is 0 Å². The highest BCUT2D eigenvalue weighted by molar-refractivity contribution is 7.99. The summed E-state index contributed by atoms with van der Waals surface area (Å²) in [5.41, 5.74) is 23.7. The number of anilines is 3. The van der Waals surface area contributed by atoms with E-state index in [1.807, 2.05) is 11.8 Å². The lowest BCUT2D eigenvalue weighted by Gasteiger charge is -2.44. The van der Waals surface area contributed by atoms with Gasteiger partial charge in [0.15, 0.2) is 0 Å². The molecule has 7 aromatic carbocycles.